The molecule has 3 rings (SSSR count). The summed E-state index contributed by atoms with van der Waals surface area (Å²) in [4.78, 5) is 24.8. The van der Waals surface area contributed by atoms with Crippen molar-refractivity contribution in [1.82, 2.24) is 9.78 Å². The topological polar surface area (TPSA) is 73.2 Å². The summed E-state index contributed by atoms with van der Waals surface area (Å²) in [7, 11) is 0. The Morgan fingerprint density at radius 3 is 2.39 bits per heavy atom. The van der Waals surface area contributed by atoms with E-state index in [0.29, 0.717) is 11.3 Å². The van der Waals surface area contributed by atoms with E-state index in [9.17, 15) is 9.59 Å². The zero-order chi connectivity index (χ0) is 20.3. The van der Waals surface area contributed by atoms with Crippen molar-refractivity contribution in [2.75, 3.05) is 5.32 Å². The number of rotatable bonds is 5. The van der Waals surface area contributed by atoms with Crippen molar-refractivity contribution < 1.29 is 14.3 Å². The monoisotopic (exact) mass is 377 g/mol. The summed E-state index contributed by atoms with van der Waals surface area (Å²) in [6.07, 6.45) is 0.800. The van der Waals surface area contributed by atoms with Crippen LogP contribution < -0.4 is 5.32 Å². The molecule has 0 aliphatic rings. The van der Waals surface area contributed by atoms with Crippen LogP contribution in [-0.4, -0.2) is 27.8 Å². The number of nitrogens with zero attached hydrogens (tertiary/aromatic N) is 2. The Kier molecular flexibility index (Phi) is 5.59. The lowest BCUT2D eigenvalue weighted by Gasteiger charge is -2.15. The molecule has 3 aromatic rings. The van der Waals surface area contributed by atoms with Gasteiger partial charge in [0.15, 0.2) is 6.10 Å². The van der Waals surface area contributed by atoms with Gasteiger partial charge in [0.25, 0.3) is 5.91 Å². The quantitative estimate of drug-likeness (QED) is 0.683. The van der Waals surface area contributed by atoms with Crippen molar-refractivity contribution in [3.8, 4) is 5.69 Å². The molecule has 0 saturated carbocycles. The van der Waals surface area contributed by atoms with Crippen LogP contribution in [0.25, 0.3) is 5.69 Å². The molecule has 2 aromatic carbocycles. The first kappa shape index (κ1) is 19.4. The van der Waals surface area contributed by atoms with Crippen LogP contribution in [0.5, 0.6) is 0 Å². The van der Waals surface area contributed by atoms with Gasteiger partial charge in [0, 0.05) is 17.6 Å². The molecule has 6 heteroatoms. The van der Waals surface area contributed by atoms with Crippen molar-refractivity contribution in [2.45, 2.75) is 33.8 Å². The van der Waals surface area contributed by atoms with Crippen LogP contribution in [0.15, 0.2) is 54.7 Å². The fourth-order valence-electron chi connectivity index (χ4n) is 2.77. The van der Waals surface area contributed by atoms with Crippen molar-refractivity contribution in [2.24, 2.45) is 0 Å². The average molecular weight is 377 g/mol. The molecule has 1 heterocycles. The molecule has 0 radical (unpaired) electrons. The van der Waals surface area contributed by atoms with Crippen LogP contribution in [0.3, 0.4) is 0 Å². The van der Waals surface area contributed by atoms with E-state index in [4.69, 9.17) is 4.74 Å². The van der Waals surface area contributed by atoms with Gasteiger partial charge < -0.3 is 10.1 Å². The van der Waals surface area contributed by atoms with E-state index in [0.717, 1.165) is 22.5 Å². The van der Waals surface area contributed by atoms with Crippen molar-refractivity contribution in [3.63, 3.8) is 0 Å². The molecule has 0 aliphatic carbocycles. The molecule has 6 nitrogen and oxygen atoms in total. The van der Waals surface area contributed by atoms with Gasteiger partial charge in [0.2, 0.25) is 0 Å². The van der Waals surface area contributed by atoms with Gasteiger partial charge >= 0.3 is 5.97 Å². The maximum Gasteiger partial charge on any atom is 0.338 e. The van der Waals surface area contributed by atoms with Crippen molar-refractivity contribution in [1.29, 1.82) is 0 Å². The number of aromatic nitrogens is 2. The number of amides is 1. The van der Waals surface area contributed by atoms with Gasteiger partial charge in [-0.05, 0) is 75.2 Å². The van der Waals surface area contributed by atoms with E-state index in [-0.39, 0.29) is 5.91 Å². The molecule has 28 heavy (non-hydrogen) atoms. The van der Waals surface area contributed by atoms with Gasteiger partial charge in [-0.1, -0.05) is 12.1 Å². The molecule has 1 N–H and O–H groups in total. The number of hydrogen-bond acceptors (Lipinski definition) is 4. The Bertz CT molecular complexity index is 1010. The third kappa shape index (κ3) is 4.28. The standard InChI is InChI=1S/C22H23N3O3/c1-14-5-6-15(2)20(13-14)24-21(26)17(4)28-22(27)18-7-9-19(10-8-18)25-16(3)11-12-23-25/h5-13,17H,1-4H3,(H,24,26). The molecule has 0 bridgehead atoms. The number of benzene rings is 2. The lowest BCUT2D eigenvalue weighted by Crippen LogP contribution is -2.30. The van der Waals surface area contributed by atoms with Crippen LogP contribution in [0.4, 0.5) is 5.69 Å². The molecule has 1 atom stereocenters. The molecule has 0 aliphatic heterocycles. The van der Waals surface area contributed by atoms with Gasteiger partial charge in [-0.2, -0.15) is 5.10 Å². The fourth-order valence-corrected chi connectivity index (χ4v) is 2.77. The van der Waals surface area contributed by atoms with Gasteiger partial charge in [-0.3, -0.25) is 4.79 Å². The maximum atomic E-state index is 12.4. The number of anilines is 1. The first-order chi connectivity index (χ1) is 13.3. The van der Waals surface area contributed by atoms with E-state index in [1.807, 2.05) is 45.0 Å². The van der Waals surface area contributed by atoms with Crippen molar-refractivity contribution >= 4 is 17.6 Å². The molecular formula is C22H23N3O3. The third-order valence-electron chi connectivity index (χ3n) is 4.48. The summed E-state index contributed by atoms with van der Waals surface area (Å²) < 4.78 is 7.09. The fraction of sp³-hybridized carbons (Fsp3) is 0.227. The predicted molar refractivity (Wildman–Crippen MR) is 108 cm³/mol. The lowest BCUT2D eigenvalue weighted by atomic mass is 10.1. The minimum atomic E-state index is -0.916. The third-order valence-corrected chi connectivity index (χ3v) is 4.48. The van der Waals surface area contributed by atoms with Gasteiger partial charge in [0.1, 0.15) is 0 Å². The van der Waals surface area contributed by atoms with Crippen LogP contribution in [0.1, 0.15) is 34.1 Å². The molecule has 1 amide bonds. The summed E-state index contributed by atoms with van der Waals surface area (Å²) in [6, 6.07) is 14.6. The predicted octanol–water partition coefficient (Wildman–Crippen LogP) is 3.98. The highest BCUT2D eigenvalue weighted by atomic mass is 16.5. The van der Waals surface area contributed by atoms with E-state index in [1.165, 1.54) is 0 Å². The number of hydrogen-bond donors (Lipinski definition) is 1. The Balaban J connectivity index is 1.64. The maximum absolute atomic E-state index is 12.4. The largest absolute Gasteiger partial charge is 0.449 e. The second-order valence-electron chi connectivity index (χ2n) is 6.79. The highest BCUT2D eigenvalue weighted by molar-refractivity contribution is 5.97. The SMILES string of the molecule is Cc1ccc(C)c(NC(=O)C(C)OC(=O)c2ccc(-n3nccc3C)cc2)c1. The van der Waals surface area contributed by atoms with Crippen LogP contribution in [0, 0.1) is 20.8 Å². The Hall–Kier alpha value is -3.41. The number of nitrogens with one attached hydrogen (secondary N) is 1. The van der Waals surface area contributed by atoms with Crippen LogP contribution in [-0.2, 0) is 9.53 Å². The number of aryl methyl sites for hydroxylation is 3. The summed E-state index contributed by atoms with van der Waals surface area (Å²) in [5, 5.41) is 7.05. The second-order valence-corrected chi connectivity index (χ2v) is 6.79. The molecule has 1 unspecified atom stereocenters. The van der Waals surface area contributed by atoms with E-state index in [1.54, 1.807) is 42.1 Å². The first-order valence-corrected chi connectivity index (χ1v) is 9.05. The highest BCUT2D eigenvalue weighted by Crippen LogP contribution is 2.17. The molecule has 1 aromatic heterocycles. The van der Waals surface area contributed by atoms with E-state index in [2.05, 4.69) is 10.4 Å². The molecule has 0 spiro atoms. The second kappa shape index (κ2) is 8.08. The minimum Gasteiger partial charge on any atom is -0.449 e. The van der Waals surface area contributed by atoms with E-state index >= 15 is 0 Å². The number of ether oxygens (including phenoxy) is 1. The normalized spacial score (nSPS) is 11.7. The zero-order valence-electron chi connectivity index (χ0n) is 16.4. The first-order valence-electron chi connectivity index (χ1n) is 9.05. The number of esters is 1. The van der Waals surface area contributed by atoms with Crippen molar-refractivity contribution in [3.05, 3.63) is 77.1 Å². The van der Waals surface area contributed by atoms with Gasteiger partial charge in [-0.25, -0.2) is 9.48 Å². The zero-order valence-corrected chi connectivity index (χ0v) is 16.4. The highest BCUT2D eigenvalue weighted by Gasteiger charge is 2.19. The van der Waals surface area contributed by atoms with Gasteiger partial charge in [0.05, 0.1) is 11.3 Å². The Labute approximate surface area is 164 Å². The summed E-state index contributed by atoms with van der Waals surface area (Å²) in [5.41, 5.74) is 4.92. The summed E-state index contributed by atoms with van der Waals surface area (Å²) >= 11 is 0. The van der Waals surface area contributed by atoms with Crippen LogP contribution >= 0.6 is 0 Å². The molecule has 144 valence electrons. The lowest BCUT2D eigenvalue weighted by molar-refractivity contribution is -0.123. The minimum absolute atomic E-state index is 0.370. The molecular weight excluding hydrogens is 354 g/mol. The van der Waals surface area contributed by atoms with Crippen LogP contribution in [0.2, 0.25) is 0 Å². The Morgan fingerprint density at radius 1 is 1.04 bits per heavy atom. The summed E-state index contributed by atoms with van der Waals surface area (Å²) in [5.74, 6) is -0.918. The Morgan fingerprint density at radius 2 is 1.75 bits per heavy atom. The number of carbonyl (C=O) groups is 2. The van der Waals surface area contributed by atoms with Gasteiger partial charge in [-0.15, -0.1) is 0 Å². The number of carbonyl (C=O) groups excluding carboxylic acids is 2. The summed E-state index contributed by atoms with van der Waals surface area (Å²) in [6.45, 7) is 7.37. The molecule has 0 fully saturated rings. The smallest absolute Gasteiger partial charge is 0.338 e. The van der Waals surface area contributed by atoms with E-state index < -0.39 is 12.1 Å². The average Bonchev–Trinajstić information content (AvgIpc) is 3.10. The molecule has 0 saturated heterocycles.